The molecule has 7 nitrogen and oxygen atoms in total. The Balaban J connectivity index is 1.77. The van der Waals surface area contributed by atoms with E-state index < -0.39 is 0 Å². The molecule has 0 saturated heterocycles. The van der Waals surface area contributed by atoms with Gasteiger partial charge in [-0.25, -0.2) is 0 Å². The Kier molecular flexibility index (Phi) is 10.3. The minimum atomic E-state index is -0.162. The van der Waals surface area contributed by atoms with Gasteiger partial charge in [-0.3, -0.25) is 14.4 Å². The first-order chi connectivity index (χ1) is 16.3. The number of nitrogens with one attached hydrogen (secondary N) is 4. The summed E-state index contributed by atoms with van der Waals surface area (Å²) in [7, 11) is 0. The molecule has 0 aliphatic rings. The van der Waals surface area contributed by atoms with Crippen LogP contribution in [0.3, 0.4) is 0 Å². The minimum absolute atomic E-state index is 0.0873. The van der Waals surface area contributed by atoms with Gasteiger partial charge in [0, 0.05) is 54.3 Å². The second kappa shape index (κ2) is 13.4. The van der Waals surface area contributed by atoms with Gasteiger partial charge >= 0.3 is 0 Å². The van der Waals surface area contributed by atoms with Crippen molar-refractivity contribution in [2.24, 2.45) is 0 Å². The Morgan fingerprint density at radius 1 is 0.706 bits per heavy atom. The molecule has 2 rings (SSSR count). The van der Waals surface area contributed by atoms with Crippen LogP contribution >= 0.6 is 0 Å². The van der Waals surface area contributed by atoms with Gasteiger partial charge in [0.1, 0.15) is 0 Å². The molecule has 2 aromatic carbocycles. The van der Waals surface area contributed by atoms with Crippen molar-refractivity contribution in [2.75, 3.05) is 36.8 Å². The average Bonchev–Trinajstić information content (AvgIpc) is 2.83. The molecule has 0 radical (unpaired) electrons. The first-order valence-electron chi connectivity index (χ1n) is 11.0. The van der Waals surface area contributed by atoms with Crippen LogP contribution in [0.5, 0.6) is 0 Å². The van der Waals surface area contributed by atoms with E-state index in [1.807, 2.05) is 36.4 Å². The van der Waals surface area contributed by atoms with Gasteiger partial charge in [0.2, 0.25) is 11.8 Å². The van der Waals surface area contributed by atoms with Gasteiger partial charge in [0.15, 0.2) is 5.78 Å². The predicted molar refractivity (Wildman–Crippen MR) is 139 cm³/mol. The molecule has 0 atom stereocenters. The summed E-state index contributed by atoms with van der Waals surface area (Å²) in [6, 6.07) is 14.9. The first-order valence-corrected chi connectivity index (χ1v) is 11.0. The summed E-state index contributed by atoms with van der Waals surface area (Å²) in [5.41, 5.74) is 4.25. The van der Waals surface area contributed by atoms with E-state index >= 15 is 0 Å². The Bertz CT molecular complexity index is 1050. The number of benzene rings is 2. The van der Waals surface area contributed by atoms with Crippen molar-refractivity contribution in [3.05, 3.63) is 90.0 Å². The zero-order valence-corrected chi connectivity index (χ0v) is 19.7. The van der Waals surface area contributed by atoms with Crippen LogP contribution in [0.4, 0.5) is 11.4 Å². The van der Waals surface area contributed by atoms with Crippen molar-refractivity contribution in [1.82, 2.24) is 10.6 Å². The number of anilines is 2. The quantitative estimate of drug-likeness (QED) is 0.207. The zero-order chi connectivity index (χ0) is 24.9. The highest BCUT2D eigenvalue weighted by Gasteiger charge is 2.03. The Morgan fingerprint density at radius 2 is 1.15 bits per heavy atom. The first kappa shape index (κ1) is 26.1. The lowest BCUT2D eigenvalue weighted by Crippen LogP contribution is -2.28. The molecule has 178 valence electrons. The molecule has 0 saturated carbocycles. The van der Waals surface area contributed by atoms with Crippen LogP contribution < -0.4 is 21.3 Å². The fourth-order valence-electron chi connectivity index (χ4n) is 2.80. The summed E-state index contributed by atoms with van der Waals surface area (Å²) in [6.45, 7) is 12.7. The Hall–Kier alpha value is -4.13. The van der Waals surface area contributed by atoms with Gasteiger partial charge in [-0.05, 0) is 61.9 Å². The molecule has 0 heterocycles. The van der Waals surface area contributed by atoms with E-state index in [2.05, 4.69) is 34.4 Å². The molecule has 4 N–H and O–H groups in total. The molecule has 0 spiro atoms. The molecule has 0 unspecified atom stereocenters. The summed E-state index contributed by atoms with van der Waals surface area (Å²) in [5, 5.41) is 11.9. The third-order valence-electron chi connectivity index (χ3n) is 4.76. The number of carbonyl (C=O) groups excluding carboxylic acids is 3. The Morgan fingerprint density at radius 3 is 1.59 bits per heavy atom. The number of allylic oxidation sites excluding steroid dienone is 1. The normalized spacial score (nSPS) is 10.4. The highest BCUT2D eigenvalue weighted by Crippen LogP contribution is 2.13. The summed E-state index contributed by atoms with van der Waals surface area (Å²) in [6.07, 6.45) is 3.32. The molecule has 7 heteroatoms. The summed E-state index contributed by atoms with van der Waals surface area (Å²) in [5.74, 6) is -0.400. The fraction of sp³-hybridized carbons (Fsp3) is 0.222. The maximum absolute atomic E-state index is 12.5. The van der Waals surface area contributed by atoms with Crippen molar-refractivity contribution in [2.45, 2.75) is 13.8 Å². The SMILES string of the molecule is C=C(C)C(=O)NCCNc1ccc(/C=C/C(=O)c2ccc(NCCNC(=O)C(=C)C)cc2)cc1. The van der Waals surface area contributed by atoms with Crippen LogP contribution in [0.1, 0.15) is 29.8 Å². The van der Waals surface area contributed by atoms with Gasteiger partial charge in [0.05, 0.1) is 0 Å². The molecular formula is C27H32N4O3. The highest BCUT2D eigenvalue weighted by molar-refractivity contribution is 6.07. The number of hydrogen-bond acceptors (Lipinski definition) is 5. The predicted octanol–water partition coefficient (Wildman–Crippen LogP) is 3.79. The minimum Gasteiger partial charge on any atom is -0.383 e. The van der Waals surface area contributed by atoms with E-state index in [-0.39, 0.29) is 17.6 Å². The highest BCUT2D eigenvalue weighted by atomic mass is 16.2. The number of hydrogen-bond donors (Lipinski definition) is 4. The van der Waals surface area contributed by atoms with E-state index in [1.54, 1.807) is 38.1 Å². The molecule has 2 aromatic rings. The summed E-state index contributed by atoms with van der Waals surface area (Å²) < 4.78 is 0. The van der Waals surface area contributed by atoms with Crippen molar-refractivity contribution < 1.29 is 14.4 Å². The Labute approximate surface area is 201 Å². The second-order valence-corrected chi connectivity index (χ2v) is 7.82. The van der Waals surface area contributed by atoms with Crippen LogP contribution in [-0.4, -0.2) is 43.8 Å². The van der Waals surface area contributed by atoms with Crippen LogP contribution in [0.15, 0.2) is 78.9 Å². The topological polar surface area (TPSA) is 99.3 Å². The fourth-order valence-corrected chi connectivity index (χ4v) is 2.80. The van der Waals surface area contributed by atoms with Crippen LogP contribution in [-0.2, 0) is 9.59 Å². The lowest BCUT2D eigenvalue weighted by atomic mass is 10.1. The summed E-state index contributed by atoms with van der Waals surface area (Å²) >= 11 is 0. The van der Waals surface area contributed by atoms with Crippen molar-refractivity contribution >= 4 is 35.0 Å². The van der Waals surface area contributed by atoms with E-state index in [0.717, 1.165) is 16.9 Å². The standard InChI is InChI=1S/C27H32N4O3/c1-19(2)26(33)30-17-15-28-23-10-5-21(6-11-23)7-14-25(32)22-8-12-24(13-9-22)29-16-18-31-27(34)20(3)4/h5-14,28-29H,1,3,15-18H2,2,4H3,(H,30,33)(H,31,34)/b14-7+. The van der Waals surface area contributed by atoms with Crippen LogP contribution in [0.2, 0.25) is 0 Å². The molecule has 0 aromatic heterocycles. The maximum Gasteiger partial charge on any atom is 0.246 e. The average molecular weight is 461 g/mol. The van der Waals surface area contributed by atoms with Gasteiger partial charge in [-0.2, -0.15) is 0 Å². The van der Waals surface area contributed by atoms with Gasteiger partial charge in [-0.15, -0.1) is 0 Å². The monoisotopic (exact) mass is 460 g/mol. The number of carbonyl (C=O) groups is 3. The number of ketones is 1. The van der Waals surface area contributed by atoms with E-state index in [4.69, 9.17) is 0 Å². The van der Waals surface area contributed by atoms with E-state index in [9.17, 15) is 14.4 Å². The zero-order valence-electron chi connectivity index (χ0n) is 19.7. The molecular weight excluding hydrogens is 428 g/mol. The van der Waals surface area contributed by atoms with Crippen LogP contribution in [0.25, 0.3) is 6.08 Å². The molecule has 0 aliphatic carbocycles. The number of rotatable bonds is 13. The maximum atomic E-state index is 12.5. The third kappa shape index (κ3) is 9.16. The van der Waals surface area contributed by atoms with E-state index in [0.29, 0.717) is 42.9 Å². The molecule has 0 bridgehead atoms. The summed E-state index contributed by atoms with van der Waals surface area (Å²) in [4.78, 5) is 35.3. The van der Waals surface area contributed by atoms with Gasteiger partial charge < -0.3 is 21.3 Å². The lowest BCUT2D eigenvalue weighted by molar-refractivity contribution is -0.118. The molecule has 0 aliphatic heterocycles. The van der Waals surface area contributed by atoms with Crippen LogP contribution in [0, 0.1) is 0 Å². The van der Waals surface area contributed by atoms with Crippen molar-refractivity contribution in [3.63, 3.8) is 0 Å². The van der Waals surface area contributed by atoms with Crippen molar-refractivity contribution in [1.29, 1.82) is 0 Å². The van der Waals surface area contributed by atoms with Gasteiger partial charge in [-0.1, -0.05) is 31.4 Å². The van der Waals surface area contributed by atoms with E-state index in [1.165, 1.54) is 0 Å². The molecule has 34 heavy (non-hydrogen) atoms. The second-order valence-electron chi connectivity index (χ2n) is 7.82. The molecule has 2 amide bonds. The largest absolute Gasteiger partial charge is 0.383 e. The smallest absolute Gasteiger partial charge is 0.246 e. The third-order valence-corrected chi connectivity index (χ3v) is 4.76. The lowest BCUT2D eigenvalue weighted by Gasteiger charge is -2.08. The number of amides is 2. The van der Waals surface area contributed by atoms with Crippen molar-refractivity contribution in [3.8, 4) is 0 Å². The molecule has 0 fully saturated rings. The van der Waals surface area contributed by atoms with Gasteiger partial charge in [0.25, 0.3) is 0 Å².